The molecule has 45 heavy (non-hydrogen) atoms. The number of benzene rings is 1. The highest BCUT2D eigenvalue weighted by Gasteiger charge is 2.47. The van der Waals surface area contributed by atoms with Gasteiger partial charge < -0.3 is 19.7 Å². The quantitative estimate of drug-likeness (QED) is 0.268. The molecule has 242 valence electrons. The number of amides is 4. The first-order chi connectivity index (χ1) is 21.4. The number of nitrogens with one attached hydrogen (secondary N) is 2. The summed E-state index contributed by atoms with van der Waals surface area (Å²) in [4.78, 5) is 67.9. The summed E-state index contributed by atoms with van der Waals surface area (Å²) in [5.74, 6) is -3.48. The molecular weight excluding hydrogens is 604 g/mol. The van der Waals surface area contributed by atoms with Crippen LogP contribution < -0.4 is 10.0 Å². The van der Waals surface area contributed by atoms with Crippen molar-refractivity contribution < 1.29 is 41.9 Å². The molecule has 1 aromatic carbocycles. The van der Waals surface area contributed by atoms with Gasteiger partial charge in [-0.05, 0) is 36.0 Å². The second-order valence-electron chi connectivity index (χ2n) is 12.0. The summed E-state index contributed by atoms with van der Waals surface area (Å²) in [6.07, 6.45) is 2.30. The lowest BCUT2D eigenvalue weighted by Crippen LogP contribution is -2.56. The number of ether oxygens (including phenoxy) is 2. The van der Waals surface area contributed by atoms with E-state index in [1.54, 1.807) is 17.9 Å². The number of fused-ring (bicyclic) bond motifs is 1. The molecule has 5 atom stereocenters. The van der Waals surface area contributed by atoms with Crippen LogP contribution in [-0.2, 0) is 58.2 Å². The molecule has 3 aliphatic heterocycles. The number of likely N-dealkylation sites (tertiary alicyclic amines) is 1. The van der Waals surface area contributed by atoms with Crippen molar-refractivity contribution in [1.29, 1.82) is 0 Å². The van der Waals surface area contributed by atoms with Crippen LogP contribution in [0.5, 0.6) is 0 Å². The number of rotatable bonds is 11. The highest BCUT2D eigenvalue weighted by atomic mass is 32.2. The molecule has 1 aliphatic carbocycles. The fourth-order valence-corrected chi connectivity index (χ4v) is 7.26. The first kappa shape index (κ1) is 32.2. The van der Waals surface area contributed by atoms with Crippen molar-refractivity contribution in [2.24, 2.45) is 5.92 Å². The maximum atomic E-state index is 13.7. The van der Waals surface area contributed by atoms with Crippen LogP contribution in [0.15, 0.2) is 43.5 Å². The summed E-state index contributed by atoms with van der Waals surface area (Å²) < 4.78 is 37.9. The zero-order chi connectivity index (χ0) is 32.5. The average Bonchev–Trinajstić information content (AvgIpc) is 3.43. The van der Waals surface area contributed by atoms with Gasteiger partial charge in [-0.2, -0.15) is 0 Å². The van der Waals surface area contributed by atoms with E-state index in [0.717, 1.165) is 16.7 Å². The zero-order valence-corrected chi connectivity index (χ0v) is 25.9. The van der Waals surface area contributed by atoms with Crippen LogP contribution in [0.4, 0.5) is 4.79 Å². The number of hydrogen-bond acceptors (Lipinski definition) is 9. The van der Waals surface area contributed by atoms with E-state index in [-0.39, 0.29) is 25.8 Å². The summed E-state index contributed by atoms with van der Waals surface area (Å²) in [7, 11) is -3.89. The predicted molar refractivity (Wildman–Crippen MR) is 160 cm³/mol. The first-order valence-electron chi connectivity index (χ1n) is 15.1. The van der Waals surface area contributed by atoms with Crippen LogP contribution in [0.3, 0.4) is 0 Å². The van der Waals surface area contributed by atoms with E-state index in [4.69, 9.17) is 9.47 Å². The van der Waals surface area contributed by atoms with Crippen molar-refractivity contribution >= 4 is 39.8 Å². The standard InChI is InChI=1S/C31H38N4O9S/c1-4-7-19-8-6-9-20-15-34(17-23(19)20)31(40)43-21-14-24(35(16-21)30(39)25-12-13-26(36)44-25)28(37)32-27(18(3)5-2)29(38)33-45(41,42)22-10-11-22/h4-6,8-9,18,21-22,24-25,27H,1-2,7,10-17H2,3H3,(H,32,37)(H,33,38)/t18-,21?,24-,25-,27?/m0/s1. The van der Waals surface area contributed by atoms with Crippen LogP contribution in [0.25, 0.3) is 0 Å². The molecule has 4 amide bonds. The lowest BCUT2D eigenvalue weighted by Gasteiger charge is -2.28. The number of carbonyl (C=O) groups is 5. The minimum atomic E-state index is -3.89. The molecular formula is C31H38N4O9S. The number of esters is 1. The molecule has 3 heterocycles. The van der Waals surface area contributed by atoms with Crippen LogP contribution in [0.1, 0.15) is 55.7 Å². The number of nitrogens with zero attached hydrogens (tertiary/aromatic N) is 2. The summed E-state index contributed by atoms with van der Waals surface area (Å²) in [5, 5.41) is 1.94. The second kappa shape index (κ2) is 13.0. The van der Waals surface area contributed by atoms with E-state index in [1.807, 2.05) is 18.2 Å². The zero-order valence-electron chi connectivity index (χ0n) is 25.1. The highest BCUT2D eigenvalue weighted by Crippen LogP contribution is 2.30. The third-order valence-corrected chi connectivity index (χ3v) is 10.5. The van der Waals surface area contributed by atoms with Crippen LogP contribution >= 0.6 is 0 Å². The lowest BCUT2D eigenvalue weighted by atomic mass is 10.0. The lowest BCUT2D eigenvalue weighted by molar-refractivity contribution is -0.154. The Bertz CT molecular complexity index is 1520. The topological polar surface area (TPSA) is 168 Å². The molecule has 2 unspecified atom stereocenters. The van der Waals surface area contributed by atoms with Crippen molar-refractivity contribution in [3.8, 4) is 0 Å². The summed E-state index contributed by atoms with van der Waals surface area (Å²) in [6, 6.07) is 3.36. The number of allylic oxidation sites excluding steroid dienone is 1. The fourth-order valence-electron chi connectivity index (χ4n) is 5.93. The van der Waals surface area contributed by atoms with Gasteiger partial charge in [0, 0.05) is 38.3 Å². The molecule has 0 spiro atoms. The van der Waals surface area contributed by atoms with Crippen molar-refractivity contribution in [3.63, 3.8) is 0 Å². The Hall–Kier alpha value is -4.20. The SMILES string of the molecule is C=CCc1cccc2c1CN(C(=O)OC1C[C@@H](C(=O)NC(C(=O)NS(=O)(=O)C3CC3)[C@@H](C)C=C)N(C(=O)[C@@H]3CCC(=O)O3)C1)C2. The Morgan fingerprint density at radius 2 is 1.91 bits per heavy atom. The Kier molecular flexibility index (Phi) is 9.33. The van der Waals surface area contributed by atoms with Gasteiger partial charge in [-0.3, -0.25) is 28.8 Å². The van der Waals surface area contributed by atoms with Gasteiger partial charge in [0.05, 0.1) is 11.8 Å². The van der Waals surface area contributed by atoms with Gasteiger partial charge in [0.1, 0.15) is 18.2 Å². The highest BCUT2D eigenvalue weighted by molar-refractivity contribution is 7.90. The molecule has 1 aromatic rings. The molecule has 2 saturated heterocycles. The van der Waals surface area contributed by atoms with Crippen LogP contribution in [0, 0.1) is 5.92 Å². The largest absolute Gasteiger partial charge is 0.452 e. The van der Waals surface area contributed by atoms with Gasteiger partial charge in [-0.25, -0.2) is 13.2 Å². The maximum absolute atomic E-state index is 13.7. The minimum Gasteiger partial charge on any atom is -0.452 e. The van der Waals surface area contributed by atoms with E-state index in [2.05, 4.69) is 23.2 Å². The summed E-state index contributed by atoms with van der Waals surface area (Å²) in [5.41, 5.74) is 3.09. The summed E-state index contributed by atoms with van der Waals surface area (Å²) in [6.45, 7) is 9.61. The van der Waals surface area contributed by atoms with Gasteiger partial charge in [-0.15, -0.1) is 13.2 Å². The van der Waals surface area contributed by atoms with E-state index in [1.165, 1.54) is 11.0 Å². The Labute approximate surface area is 262 Å². The van der Waals surface area contributed by atoms with Crippen molar-refractivity contribution in [1.82, 2.24) is 19.8 Å². The molecule has 5 rings (SSSR count). The minimum absolute atomic E-state index is 0.0530. The van der Waals surface area contributed by atoms with E-state index < -0.39 is 75.3 Å². The number of sulfonamides is 1. The fraction of sp³-hybridized carbons (Fsp3) is 0.516. The summed E-state index contributed by atoms with van der Waals surface area (Å²) >= 11 is 0. The second-order valence-corrected chi connectivity index (χ2v) is 13.9. The maximum Gasteiger partial charge on any atom is 0.410 e. The number of carbonyl (C=O) groups excluding carboxylic acids is 5. The molecule has 4 aliphatic rings. The molecule has 14 heteroatoms. The molecule has 3 fully saturated rings. The van der Waals surface area contributed by atoms with E-state index in [9.17, 15) is 32.4 Å². The number of hydrogen-bond donors (Lipinski definition) is 2. The van der Waals surface area contributed by atoms with Crippen LogP contribution in [0.2, 0.25) is 0 Å². The molecule has 2 N–H and O–H groups in total. The molecule has 0 radical (unpaired) electrons. The van der Waals surface area contributed by atoms with E-state index >= 15 is 0 Å². The van der Waals surface area contributed by atoms with Gasteiger partial charge in [0.15, 0.2) is 6.10 Å². The molecule has 13 nitrogen and oxygen atoms in total. The van der Waals surface area contributed by atoms with Gasteiger partial charge >= 0.3 is 12.1 Å². The third kappa shape index (κ3) is 7.05. The van der Waals surface area contributed by atoms with E-state index in [0.29, 0.717) is 32.4 Å². The monoisotopic (exact) mass is 642 g/mol. The van der Waals surface area contributed by atoms with Gasteiger partial charge in [-0.1, -0.05) is 37.3 Å². The first-order valence-corrected chi connectivity index (χ1v) is 16.6. The Morgan fingerprint density at radius 3 is 2.56 bits per heavy atom. The predicted octanol–water partition coefficient (Wildman–Crippen LogP) is 1.46. The van der Waals surface area contributed by atoms with Crippen molar-refractivity contribution in [2.75, 3.05) is 6.54 Å². The Morgan fingerprint density at radius 1 is 1.16 bits per heavy atom. The normalized spacial score (nSPS) is 23.8. The smallest absolute Gasteiger partial charge is 0.410 e. The molecule has 0 aromatic heterocycles. The van der Waals surface area contributed by atoms with Crippen LogP contribution in [-0.4, -0.2) is 84.1 Å². The molecule has 0 bridgehead atoms. The third-order valence-electron chi connectivity index (χ3n) is 8.66. The van der Waals surface area contributed by atoms with Gasteiger partial charge in [0.2, 0.25) is 15.9 Å². The average molecular weight is 643 g/mol. The Balaban J connectivity index is 1.30. The van der Waals surface area contributed by atoms with Crippen molar-refractivity contribution in [3.05, 3.63) is 60.2 Å². The van der Waals surface area contributed by atoms with Crippen molar-refractivity contribution in [2.45, 2.75) is 88.1 Å². The van der Waals surface area contributed by atoms with Gasteiger partial charge in [0.25, 0.3) is 11.8 Å². The number of cyclic esters (lactones) is 1. The molecule has 1 saturated carbocycles.